The molecule has 0 aromatic heterocycles. The predicted molar refractivity (Wildman–Crippen MR) is 70.4 cm³/mol. The van der Waals surface area contributed by atoms with E-state index in [0.29, 0.717) is 12.0 Å². The van der Waals surface area contributed by atoms with Crippen LogP contribution >= 0.6 is 0 Å². The third-order valence-corrected chi connectivity index (χ3v) is 3.47. The largest absolute Gasteiger partial charge is 0.375 e. The Morgan fingerprint density at radius 3 is 2.47 bits per heavy atom. The summed E-state index contributed by atoms with van der Waals surface area (Å²) < 4.78 is 0. The summed E-state index contributed by atoms with van der Waals surface area (Å²) in [5.74, 6) is 0.689. The highest BCUT2D eigenvalue weighted by Gasteiger charge is 2.33. The predicted octanol–water partition coefficient (Wildman–Crippen LogP) is 2.28. The van der Waals surface area contributed by atoms with Gasteiger partial charge in [-0.2, -0.15) is 0 Å². The molecule has 1 aliphatic carbocycles. The lowest BCUT2D eigenvalue weighted by molar-refractivity contribution is 0.0949. The molecular weight excluding hydrogens is 212 g/mol. The van der Waals surface area contributed by atoms with Crippen molar-refractivity contribution in [1.29, 1.82) is 0 Å². The van der Waals surface area contributed by atoms with Crippen molar-refractivity contribution < 1.29 is 4.79 Å². The molecule has 1 amide bonds. The molecule has 1 aromatic rings. The smallest absolute Gasteiger partial charge is 0.251 e. The van der Waals surface area contributed by atoms with Gasteiger partial charge in [0.1, 0.15) is 0 Å². The standard InChI is InChI=1S/C14H20N2O/c1-4-16(3)12-7-5-11(6-8-12)14(17)15-13-9-10(13)2/h5-8,10,13H,4,9H2,1-3H3,(H,15,17). The second kappa shape index (κ2) is 4.78. The number of carbonyl (C=O) groups is 1. The van der Waals surface area contributed by atoms with Gasteiger partial charge in [-0.25, -0.2) is 0 Å². The summed E-state index contributed by atoms with van der Waals surface area (Å²) in [6, 6.07) is 8.16. The minimum absolute atomic E-state index is 0.0463. The number of carbonyl (C=O) groups excluding carboxylic acids is 1. The van der Waals surface area contributed by atoms with E-state index in [4.69, 9.17) is 0 Å². The van der Waals surface area contributed by atoms with Crippen molar-refractivity contribution in [2.24, 2.45) is 5.92 Å². The number of nitrogens with zero attached hydrogens (tertiary/aromatic N) is 1. The fraction of sp³-hybridized carbons (Fsp3) is 0.500. The Balaban J connectivity index is 1.99. The molecule has 1 aliphatic rings. The molecule has 1 fully saturated rings. The van der Waals surface area contributed by atoms with Crippen molar-refractivity contribution in [1.82, 2.24) is 5.32 Å². The van der Waals surface area contributed by atoms with Gasteiger partial charge in [-0.15, -0.1) is 0 Å². The summed E-state index contributed by atoms with van der Waals surface area (Å²) in [7, 11) is 2.04. The van der Waals surface area contributed by atoms with E-state index >= 15 is 0 Å². The highest BCUT2D eigenvalue weighted by atomic mass is 16.1. The van der Waals surface area contributed by atoms with Gasteiger partial charge in [0.05, 0.1) is 0 Å². The second-order valence-corrected chi connectivity index (χ2v) is 4.85. The van der Waals surface area contributed by atoms with Crippen LogP contribution in [0.5, 0.6) is 0 Å². The minimum Gasteiger partial charge on any atom is -0.375 e. The van der Waals surface area contributed by atoms with E-state index in [2.05, 4.69) is 24.1 Å². The molecule has 2 atom stereocenters. The summed E-state index contributed by atoms with van der Waals surface area (Å²) in [4.78, 5) is 14.0. The van der Waals surface area contributed by atoms with Crippen molar-refractivity contribution in [3.05, 3.63) is 29.8 Å². The Morgan fingerprint density at radius 1 is 1.41 bits per heavy atom. The monoisotopic (exact) mass is 232 g/mol. The molecule has 0 radical (unpaired) electrons. The number of hydrogen-bond donors (Lipinski definition) is 1. The first-order chi connectivity index (χ1) is 8.11. The van der Waals surface area contributed by atoms with Crippen LogP contribution < -0.4 is 10.2 Å². The quantitative estimate of drug-likeness (QED) is 0.863. The lowest BCUT2D eigenvalue weighted by Gasteiger charge is -2.16. The maximum atomic E-state index is 11.9. The van der Waals surface area contributed by atoms with Gasteiger partial charge in [0.2, 0.25) is 0 Å². The highest BCUT2D eigenvalue weighted by Crippen LogP contribution is 2.29. The van der Waals surface area contributed by atoms with Gasteiger partial charge >= 0.3 is 0 Å². The van der Waals surface area contributed by atoms with E-state index in [0.717, 1.165) is 24.2 Å². The first-order valence-electron chi connectivity index (χ1n) is 6.24. The van der Waals surface area contributed by atoms with Crippen molar-refractivity contribution in [2.75, 3.05) is 18.5 Å². The third kappa shape index (κ3) is 2.78. The average molecular weight is 232 g/mol. The summed E-state index contributed by atoms with van der Waals surface area (Å²) in [6.45, 7) is 5.23. The molecular formula is C14H20N2O. The molecule has 2 rings (SSSR count). The van der Waals surface area contributed by atoms with Crippen LogP contribution in [0.3, 0.4) is 0 Å². The number of anilines is 1. The molecule has 0 heterocycles. The Bertz CT molecular complexity index is 399. The molecule has 0 saturated heterocycles. The first-order valence-corrected chi connectivity index (χ1v) is 6.24. The van der Waals surface area contributed by atoms with Crippen LogP contribution in [0.25, 0.3) is 0 Å². The second-order valence-electron chi connectivity index (χ2n) is 4.85. The van der Waals surface area contributed by atoms with Gasteiger partial charge in [0, 0.05) is 30.9 Å². The Labute approximate surface area is 103 Å². The molecule has 0 spiro atoms. The van der Waals surface area contributed by atoms with Crippen molar-refractivity contribution in [3.63, 3.8) is 0 Å². The molecule has 0 bridgehead atoms. The van der Waals surface area contributed by atoms with Crippen molar-refractivity contribution in [2.45, 2.75) is 26.3 Å². The zero-order valence-electron chi connectivity index (χ0n) is 10.7. The summed E-state index contributed by atoms with van der Waals surface area (Å²) in [5.41, 5.74) is 1.89. The van der Waals surface area contributed by atoms with Gasteiger partial charge in [-0.1, -0.05) is 6.92 Å². The van der Waals surface area contributed by atoms with Crippen LogP contribution in [0.2, 0.25) is 0 Å². The number of rotatable bonds is 4. The molecule has 3 heteroatoms. The average Bonchev–Trinajstić information content (AvgIpc) is 3.04. The van der Waals surface area contributed by atoms with E-state index in [-0.39, 0.29) is 5.91 Å². The zero-order valence-corrected chi connectivity index (χ0v) is 10.7. The topological polar surface area (TPSA) is 32.3 Å². The van der Waals surface area contributed by atoms with Crippen LogP contribution in [-0.4, -0.2) is 25.5 Å². The Hall–Kier alpha value is -1.51. The first kappa shape index (κ1) is 12.0. The number of amides is 1. The summed E-state index contributed by atoms with van der Waals surface area (Å²) in [6.07, 6.45) is 1.11. The molecule has 92 valence electrons. The van der Waals surface area contributed by atoms with Gasteiger partial charge in [0.15, 0.2) is 0 Å². The molecule has 17 heavy (non-hydrogen) atoms. The highest BCUT2D eigenvalue weighted by molar-refractivity contribution is 5.94. The summed E-state index contributed by atoms with van der Waals surface area (Å²) >= 11 is 0. The van der Waals surface area contributed by atoms with Gasteiger partial charge in [0.25, 0.3) is 5.91 Å². The van der Waals surface area contributed by atoms with E-state index in [1.165, 1.54) is 0 Å². The van der Waals surface area contributed by atoms with Crippen LogP contribution in [0.4, 0.5) is 5.69 Å². The molecule has 1 aromatic carbocycles. The number of hydrogen-bond acceptors (Lipinski definition) is 2. The number of nitrogens with one attached hydrogen (secondary N) is 1. The van der Waals surface area contributed by atoms with Gasteiger partial charge < -0.3 is 10.2 Å². The Morgan fingerprint density at radius 2 is 2.00 bits per heavy atom. The maximum absolute atomic E-state index is 11.9. The molecule has 2 unspecified atom stereocenters. The lowest BCUT2D eigenvalue weighted by Crippen LogP contribution is -2.26. The maximum Gasteiger partial charge on any atom is 0.251 e. The van der Waals surface area contributed by atoms with Gasteiger partial charge in [-0.05, 0) is 43.5 Å². The van der Waals surface area contributed by atoms with E-state index in [1.807, 2.05) is 31.3 Å². The van der Waals surface area contributed by atoms with Crippen molar-refractivity contribution >= 4 is 11.6 Å². The van der Waals surface area contributed by atoms with Crippen LogP contribution in [0, 0.1) is 5.92 Å². The number of benzene rings is 1. The third-order valence-electron chi connectivity index (χ3n) is 3.47. The van der Waals surface area contributed by atoms with Crippen LogP contribution in [0.1, 0.15) is 30.6 Å². The molecule has 1 N–H and O–H groups in total. The van der Waals surface area contributed by atoms with Crippen molar-refractivity contribution in [3.8, 4) is 0 Å². The normalized spacial score (nSPS) is 22.1. The molecule has 1 saturated carbocycles. The fourth-order valence-corrected chi connectivity index (χ4v) is 1.82. The molecule has 3 nitrogen and oxygen atoms in total. The summed E-state index contributed by atoms with van der Waals surface area (Å²) in [5, 5.41) is 3.03. The zero-order chi connectivity index (χ0) is 12.4. The Kier molecular flexibility index (Phi) is 3.36. The van der Waals surface area contributed by atoms with Gasteiger partial charge in [-0.3, -0.25) is 4.79 Å². The fourth-order valence-electron chi connectivity index (χ4n) is 1.82. The van der Waals surface area contributed by atoms with Crippen LogP contribution in [-0.2, 0) is 0 Å². The molecule has 0 aliphatic heterocycles. The van der Waals surface area contributed by atoms with E-state index in [9.17, 15) is 4.79 Å². The van der Waals surface area contributed by atoms with Crippen LogP contribution in [0.15, 0.2) is 24.3 Å². The van der Waals surface area contributed by atoms with E-state index < -0.39 is 0 Å². The van der Waals surface area contributed by atoms with E-state index in [1.54, 1.807) is 0 Å². The SMILES string of the molecule is CCN(C)c1ccc(C(=O)NC2CC2C)cc1. The minimum atomic E-state index is 0.0463. The lowest BCUT2D eigenvalue weighted by atomic mass is 10.2.